The van der Waals surface area contributed by atoms with Gasteiger partial charge < -0.3 is 25.0 Å². The molecule has 0 aromatic heterocycles. The molecule has 0 radical (unpaired) electrons. The molecule has 0 unspecified atom stereocenters. The molecule has 1 saturated carbocycles. The summed E-state index contributed by atoms with van der Waals surface area (Å²) < 4.78 is 10.7. The molecule has 154 valence electrons. The molecule has 2 aliphatic rings. The van der Waals surface area contributed by atoms with Crippen LogP contribution in [0.4, 0.5) is 0 Å². The van der Waals surface area contributed by atoms with Gasteiger partial charge in [0.15, 0.2) is 11.5 Å². The van der Waals surface area contributed by atoms with Crippen LogP contribution in [0.2, 0.25) is 0 Å². The summed E-state index contributed by atoms with van der Waals surface area (Å²) in [6, 6.07) is 5.71. The lowest BCUT2D eigenvalue weighted by atomic mass is 9.81. The summed E-state index contributed by atoms with van der Waals surface area (Å²) in [7, 11) is 4.06. The van der Waals surface area contributed by atoms with Gasteiger partial charge in [-0.15, -0.1) is 0 Å². The summed E-state index contributed by atoms with van der Waals surface area (Å²) in [5.41, 5.74) is 0.989. The Morgan fingerprint density at radius 2 is 1.64 bits per heavy atom. The van der Waals surface area contributed by atoms with Gasteiger partial charge in [0.2, 0.25) is 18.6 Å². The third kappa shape index (κ3) is 5.61. The SMILES string of the molecule is CN(C)CCCNC(=O)C1CCC(C(=O)NCc2ccc3c(c2)OCO3)CC1. The van der Waals surface area contributed by atoms with Crippen LogP contribution in [-0.2, 0) is 16.1 Å². The molecule has 2 N–H and O–H groups in total. The Kier molecular flexibility index (Phi) is 7.14. The summed E-state index contributed by atoms with van der Waals surface area (Å²) in [6.07, 6.45) is 4.05. The topological polar surface area (TPSA) is 79.9 Å². The van der Waals surface area contributed by atoms with E-state index in [0.717, 1.165) is 55.7 Å². The van der Waals surface area contributed by atoms with Crippen molar-refractivity contribution in [2.75, 3.05) is 34.0 Å². The van der Waals surface area contributed by atoms with Crippen molar-refractivity contribution in [2.45, 2.75) is 38.6 Å². The first-order chi connectivity index (χ1) is 13.5. The molecule has 7 heteroatoms. The number of fused-ring (bicyclic) bond motifs is 1. The molecule has 1 fully saturated rings. The maximum absolute atomic E-state index is 12.5. The number of rotatable bonds is 8. The number of hydrogen-bond acceptors (Lipinski definition) is 5. The minimum Gasteiger partial charge on any atom is -0.454 e. The van der Waals surface area contributed by atoms with Gasteiger partial charge in [-0.25, -0.2) is 0 Å². The fraction of sp³-hybridized carbons (Fsp3) is 0.619. The van der Waals surface area contributed by atoms with E-state index in [1.165, 1.54) is 0 Å². The van der Waals surface area contributed by atoms with Crippen molar-refractivity contribution < 1.29 is 19.1 Å². The Balaban J connectivity index is 1.36. The largest absolute Gasteiger partial charge is 0.454 e. The number of carbonyl (C=O) groups is 2. The minimum absolute atomic E-state index is 0.00759. The molecule has 1 aliphatic carbocycles. The number of nitrogens with zero attached hydrogens (tertiary/aromatic N) is 1. The Hall–Kier alpha value is -2.28. The van der Waals surface area contributed by atoms with E-state index >= 15 is 0 Å². The average Bonchev–Trinajstić information content (AvgIpc) is 3.17. The molecule has 1 aromatic carbocycles. The van der Waals surface area contributed by atoms with Gasteiger partial charge in [-0.2, -0.15) is 0 Å². The molecule has 0 saturated heterocycles. The second kappa shape index (κ2) is 9.78. The van der Waals surface area contributed by atoms with Crippen molar-refractivity contribution in [2.24, 2.45) is 11.8 Å². The first-order valence-corrected chi connectivity index (χ1v) is 10.1. The highest BCUT2D eigenvalue weighted by molar-refractivity contribution is 5.81. The van der Waals surface area contributed by atoms with Crippen molar-refractivity contribution in [3.05, 3.63) is 23.8 Å². The minimum atomic E-state index is -0.00759. The standard InChI is InChI=1S/C21H31N3O4/c1-24(2)11-3-10-22-20(25)16-5-7-17(8-6-16)21(26)23-13-15-4-9-18-19(12-15)28-14-27-18/h4,9,12,16-17H,3,5-8,10-11,13-14H2,1-2H3,(H,22,25)(H,23,26). The lowest BCUT2D eigenvalue weighted by Gasteiger charge is -2.27. The second-order valence-electron chi connectivity index (χ2n) is 7.90. The van der Waals surface area contributed by atoms with Crippen molar-refractivity contribution in [1.82, 2.24) is 15.5 Å². The highest BCUT2D eigenvalue weighted by atomic mass is 16.7. The van der Waals surface area contributed by atoms with Gasteiger partial charge in [-0.05, 0) is 70.4 Å². The van der Waals surface area contributed by atoms with E-state index < -0.39 is 0 Å². The van der Waals surface area contributed by atoms with Crippen LogP contribution in [0.5, 0.6) is 11.5 Å². The van der Waals surface area contributed by atoms with Crippen LogP contribution in [0.1, 0.15) is 37.7 Å². The highest BCUT2D eigenvalue weighted by Crippen LogP contribution is 2.33. The van der Waals surface area contributed by atoms with Gasteiger partial charge in [0.25, 0.3) is 0 Å². The number of ether oxygens (including phenoxy) is 2. The van der Waals surface area contributed by atoms with Gasteiger partial charge in [0, 0.05) is 24.9 Å². The highest BCUT2D eigenvalue weighted by Gasteiger charge is 2.29. The van der Waals surface area contributed by atoms with Crippen LogP contribution in [0.25, 0.3) is 0 Å². The first kappa shape index (κ1) is 20.5. The number of carbonyl (C=O) groups excluding carboxylic acids is 2. The normalized spacial score (nSPS) is 20.8. The monoisotopic (exact) mass is 389 g/mol. The van der Waals surface area contributed by atoms with Gasteiger partial charge in [0.1, 0.15) is 0 Å². The van der Waals surface area contributed by atoms with Gasteiger partial charge in [-0.1, -0.05) is 6.07 Å². The lowest BCUT2D eigenvalue weighted by Crippen LogP contribution is -2.38. The van der Waals surface area contributed by atoms with Gasteiger partial charge in [0.05, 0.1) is 0 Å². The number of amides is 2. The molecule has 1 heterocycles. The average molecular weight is 389 g/mol. The lowest BCUT2D eigenvalue weighted by molar-refractivity contribution is -0.130. The predicted octanol–water partition coefficient (Wildman–Crippen LogP) is 1.91. The summed E-state index contributed by atoms with van der Waals surface area (Å²) in [5.74, 6) is 1.71. The zero-order valence-electron chi connectivity index (χ0n) is 16.8. The molecule has 28 heavy (non-hydrogen) atoms. The maximum atomic E-state index is 12.5. The van der Waals surface area contributed by atoms with Gasteiger partial charge >= 0.3 is 0 Å². The third-order valence-corrected chi connectivity index (χ3v) is 5.45. The fourth-order valence-corrected chi connectivity index (χ4v) is 3.75. The Morgan fingerprint density at radius 3 is 2.32 bits per heavy atom. The molecule has 0 spiro atoms. The van der Waals surface area contributed by atoms with E-state index in [4.69, 9.17) is 9.47 Å². The van der Waals surface area contributed by atoms with E-state index in [1.54, 1.807) is 0 Å². The summed E-state index contributed by atoms with van der Waals surface area (Å²) in [6.45, 7) is 2.41. The smallest absolute Gasteiger partial charge is 0.231 e. The molecule has 7 nitrogen and oxygen atoms in total. The zero-order valence-corrected chi connectivity index (χ0v) is 16.8. The van der Waals surface area contributed by atoms with Crippen LogP contribution < -0.4 is 20.1 Å². The number of nitrogens with one attached hydrogen (secondary N) is 2. The molecule has 0 atom stereocenters. The molecule has 2 amide bonds. The van der Waals surface area contributed by atoms with Crippen molar-refractivity contribution in [1.29, 1.82) is 0 Å². The number of benzene rings is 1. The molecule has 3 rings (SSSR count). The predicted molar refractivity (Wildman–Crippen MR) is 106 cm³/mol. The van der Waals surface area contributed by atoms with E-state index in [9.17, 15) is 9.59 Å². The number of hydrogen-bond donors (Lipinski definition) is 2. The molecule has 1 aromatic rings. The molecule has 0 bridgehead atoms. The molecular weight excluding hydrogens is 358 g/mol. The van der Waals surface area contributed by atoms with Crippen molar-refractivity contribution in [3.63, 3.8) is 0 Å². The fourth-order valence-electron chi connectivity index (χ4n) is 3.75. The van der Waals surface area contributed by atoms with E-state index in [-0.39, 0.29) is 30.4 Å². The van der Waals surface area contributed by atoms with Crippen LogP contribution in [0, 0.1) is 11.8 Å². The molecule has 1 aliphatic heterocycles. The van der Waals surface area contributed by atoms with Crippen molar-refractivity contribution >= 4 is 11.8 Å². The van der Waals surface area contributed by atoms with Crippen LogP contribution >= 0.6 is 0 Å². The third-order valence-electron chi connectivity index (χ3n) is 5.45. The summed E-state index contributed by atoms with van der Waals surface area (Å²) >= 11 is 0. The zero-order chi connectivity index (χ0) is 19.9. The summed E-state index contributed by atoms with van der Waals surface area (Å²) in [4.78, 5) is 26.9. The van der Waals surface area contributed by atoms with Crippen LogP contribution in [0.3, 0.4) is 0 Å². The second-order valence-corrected chi connectivity index (χ2v) is 7.90. The summed E-state index contributed by atoms with van der Waals surface area (Å²) in [5, 5.41) is 6.05. The quantitative estimate of drug-likeness (QED) is 0.664. The Bertz CT molecular complexity index is 684. The van der Waals surface area contributed by atoms with E-state index in [2.05, 4.69) is 15.5 Å². The van der Waals surface area contributed by atoms with Gasteiger partial charge in [-0.3, -0.25) is 9.59 Å². The Labute approximate surface area is 166 Å². The van der Waals surface area contributed by atoms with Crippen molar-refractivity contribution in [3.8, 4) is 11.5 Å². The van der Waals surface area contributed by atoms with Crippen LogP contribution in [-0.4, -0.2) is 50.7 Å². The Morgan fingerprint density at radius 1 is 1.00 bits per heavy atom. The van der Waals surface area contributed by atoms with E-state index in [0.29, 0.717) is 13.1 Å². The molecular formula is C21H31N3O4. The first-order valence-electron chi connectivity index (χ1n) is 10.1. The maximum Gasteiger partial charge on any atom is 0.231 e. The van der Waals surface area contributed by atoms with Crippen LogP contribution in [0.15, 0.2) is 18.2 Å². The van der Waals surface area contributed by atoms with E-state index in [1.807, 2.05) is 32.3 Å².